The van der Waals surface area contributed by atoms with Crippen molar-refractivity contribution in [3.05, 3.63) is 33.2 Å². The number of methoxy groups -OCH3 is 1. The number of hydrogen-bond donors (Lipinski definition) is 1. The summed E-state index contributed by atoms with van der Waals surface area (Å²) in [6, 6.07) is 1.57. The summed E-state index contributed by atoms with van der Waals surface area (Å²) in [5, 5.41) is 0. The van der Waals surface area contributed by atoms with Crippen LogP contribution in [0.1, 0.15) is 16.8 Å². The molecule has 1 atom stereocenters. The third kappa shape index (κ3) is 1.67. The van der Waals surface area contributed by atoms with Crippen LogP contribution < -0.4 is 5.56 Å². The number of pyridine rings is 1. The first kappa shape index (κ1) is 9.96. The molecule has 4 heteroatoms. The van der Waals surface area contributed by atoms with Crippen LogP contribution in [-0.2, 0) is 22.4 Å². The second-order valence-corrected chi connectivity index (χ2v) is 3.89. The van der Waals surface area contributed by atoms with Crippen molar-refractivity contribution in [2.75, 3.05) is 7.11 Å². The van der Waals surface area contributed by atoms with Crippen LogP contribution in [0.25, 0.3) is 0 Å². The first-order valence-corrected chi connectivity index (χ1v) is 4.91. The minimum absolute atomic E-state index is 0.100. The van der Waals surface area contributed by atoms with Crippen molar-refractivity contribution in [3.8, 4) is 0 Å². The maximum atomic E-state index is 11.4. The number of rotatable bonds is 1. The normalized spacial score (nSPS) is 18.7. The van der Waals surface area contributed by atoms with E-state index in [1.807, 2.05) is 6.92 Å². The van der Waals surface area contributed by atoms with Gasteiger partial charge >= 0.3 is 5.97 Å². The van der Waals surface area contributed by atoms with Crippen molar-refractivity contribution < 1.29 is 9.53 Å². The quantitative estimate of drug-likeness (QED) is 0.685. The molecule has 0 bridgehead atoms. The first-order chi connectivity index (χ1) is 7.11. The Hall–Kier alpha value is -1.58. The number of ether oxygens (including phenoxy) is 1. The van der Waals surface area contributed by atoms with Gasteiger partial charge in [0, 0.05) is 11.8 Å². The number of fused-ring (bicyclic) bond motifs is 1. The highest BCUT2D eigenvalue weighted by Crippen LogP contribution is 2.27. The molecule has 0 saturated carbocycles. The number of carbonyl (C=O) groups excluding carboxylic acids is 1. The lowest BCUT2D eigenvalue weighted by Gasteiger charge is -2.04. The van der Waals surface area contributed by atoms with E-state index < -0.39 is 0 Å². The first-order valence-electron chi connectivity index (χ1n) is 4.91. The Labute approximate surface area is 87.3 Å². The van der Waals surface area contributed by atoms with Gasteiger partial charge in [-0.25, -0.2) is 0 Å². The van der Waals surface area contributed by atoms with Crippen LogP contribution in [0.15, 0.2) is 10.9 Å². The summed E-state index contributed by atoms with van der Waals surface area (Å²) in [6.07, 6.45) is 1.29. The van der Waals surface area contributed by atoms with E-state index in [-0.39, 0.29) is 17.4 Å². The topological polar surface area (TPSA) is 59.2 Å². The number of aryl methyl sites for hydroxylation is 1. The highest BCUT2D eigenvalue weighted by molar-refractivity contribution is 5.74. The lowest BCUT2D eigenvalue weighted by Crippen LogP contribution is -2.16. The third-order valence-electron chi connectivity index (χ3n) is 2.91. The molecule has 1 aliphatic carbocycles. The third-order valence-corrected chi connectivity index (χ3v) is 2.91. The average molecular weight is 207 g/mol. The highest BCUT2D eigenvalue weighted by atomic mass is 16.5. The van der Waals surface area contributed by atoms with Crippen LogP contribution >= 0.6 is 0 Å². The van der Waals surface area contributed by atoms with Crippen LogP contribution in [0.4, 0.5) is 0 Å². The van der Waals surface area contributed by atoms with Crippen LogP contribution in [0.5, 0.6) is 0 Å². The van der Waals surface area contributed by atoms with Crippen LogP contribution in [0.3, 0.4) is 0 Å². The van der Waals surface area contributed by atoms with Gasteiger partial charge in [-0.1, -0.05) is 0 Å². The van der Waals surface area contributed by atoms with Crippen LogP contribution in [0.2, 0.25) is 0 Å². The Balaban J connectivity index is 2.35. The number of carbonyl (C=O) groups is 1. The molecule has 1 N–H and O–H groups in total. The lowest BCUT2D eigenvalue weighted by atomic mass is 10.1. The zero-order valence-corrected chi connectivity index (χ0v) is 8.79. The Kier molecular flexibility index (Phi) is 2.34. The van der Waals surface area contributed by atoms with E-state index in [0.29, 0.717) is 12.8 Å². The standard InChI is InChI=1S/C11H13NO3/c1-6-9-4-8(11(14)15-2)3-7(9)5-10(13)12-6/h5,8H,3-4H2,1-2H3,(H,12,13). The van der Waals surface area contributed by atoms with E-state index in [1.165, 1.54) is 7.11 Å². The molecule has 80 valence electrons. The molecule has 0 saturated heterocycles. The Morgan fingerprint density at radius 2 is 2.27 bits per heavy atom. The van der Waals surface area contributed by atoms with E-state index in [1.54, 1.807) is 6.07 Å². The molecular formula is C11H13NO3. The molecule has 0 spiro atoms. The average Bonchev–Trinajstić information content (AvgIpc) is 2.60. The predicted molar refractivity (Wildman–Crippen MR) is 54.7 cm³/mol. The molecule has 2 rings (SSSR count). The summed E-state index contributed by atoms with van der Waals surface area (Å²) in [5.74, 6) is -0.322. The number of aromatic amines is 1. The van der Waals surface area contributed by atoms with E-state index in [0.717, 1.165) is 16.8 Å². The maximum absolute atomic E-state index is 11.4. The molecule has 0 amide bonds. The number of aromatic nitrogens is 1. The number of hydrogen-bond acceptors (Lipinski definition) is 3. The van der Waals surface area contributed by atoms with Gasteiger partial charge in [-0.15, -0.1) is 0 Å². The van der Waals surface area contributed by atoms with Gasteiger partial charge < -0.3 is 9.72 Å². The smallest absolute Gasteiger partial charge is 0.309 e. The SMILES string of the molecule is COC(=O)C1Cc2cc(=O)[nH]c(C)c2C1. The van der Waals surface area contributed by atoms with Gasteiger partial charge in [0.05, 0.1) is 13.0 Å². The fraction of sp³-hybridized carbons (Fsp3) is 0.455. The summed E-state index contributed by atoms with van der Waals surface area (Å²) >= 11 is 0. The zero-order valence-electron chi connectivity index (χ0n) is 8.79. The number of nitrogens with one attached hydrogen (secondary N) is 1. The van der Waals surface area contributed by atoms with Gasteiger partial charge in [0.2, 0.25) is 5.56 Å². The summed E-state index contributed by atoms with van der Waals surface area (Å²) in [7, 11) is 1.39. The number of esters is 1. The molecule has 0 fully saturated rings. The molecule has 4 nitrogen and oxygen atoms in total. The molecule has 1 aliphatic rings. The van der Waals surface area contributed by atoms with Gasteiger partial charge in [-0.05, 0) is 30.9 Å². The Morgan fingerprint density at radius 3 is 2.93 bits per heavy atom. The molecule has 0 aliphatic heterocycles. The van der Waals surface area contributed by atoms with Gasteiger partial charge in [-0.3, -0.25) is 9.59 Å². The van der Waals surface area contributed by atoms with Gasteiger partial charge in [0.25, 0.3) is 0 Å². The predicted octanol–water partition coefficient (Wildman–Crippen LogP) is 0.571. The van der Waals surface area contributed by atoms with Gasteiger partial charge in [-0.2, -0.15) is 0 Å². The minimum atomic E-state index is -0.196. The summed E-state index contributed by atoms with van der Waals surface area (Å²) in [6.45, 7) is 1.86. The lowest BCUT2D eigenvalue weighted by molar-refractivity contribution is -0.145. The van der Waals surface area contributed by atoms with E-state index in [9.17, 15) is 9.59 Å². The molecule has 1 aromatic rings. The molecule has 1 aromatic heterocycles. The van der Waals surface area contributed by atoms with Crippen molar-refractivity contribution in [1.29, 1.82) is 0 Å². The molecule has 15 heavy (non-hydrogen) atoms. The largest absolute Gasteiger partial charge is 0.469 e. The van der Waals surface area contributed by atoms with Crippen LogP contribution in [0, 0.1) is 12.8 Å². The van der Waals surface area contributed by atoms with Crippen molar-refractivity contribution >= 4 is 5.97 Å². The van der Waals surface area contributed by atoms with E-state index in [4.69, 9.17) is 4.74 Å². The van der Waals surface area contributed by atoms with Crippen molar-refractivity contribution in [3.63, 3.8) is 0 Å². The second-order valence-electron chi connectivity index (χ2n) is 3.89. The van der Waals surface area contributed by atoms with Crippen LogP contribution in [-0.4, -0.2) is 18.1 Å². The monoisotopic (exact) mass is 207 g/mol. The van der Waals surface area contributed by atoms with Crippen molar-refractivity contribution in [2.45, 2.75) is 19.8 Å². The van der Waals surface area contributed by atoms with Gasteiger partial charge in [0.1, 0.15) is 0 Å². The van der Waals surface area contributed by atoms with E-state index >= 15 is 0 Å². The van der Waals surface area contributed by atoms with E-state index in [2.05, 4.69) is 4.98 Å². The Morgan fingerprint density at radius 1 is 1.53 bits per heavy atom. The fourth-order valence-corrected chi connectivity index (χ4v) is 2.17. The zero-order chi connectivity index (χ0) is 11.0. The molecule has 0 aromatic carbocycles. The summed E-state index contributed by atoms with van der Waals surface area (Å²) < 4.78 is 4.71. The second kappa shape index (κ2) is 3.53. The Bertz CT molecular complexity index is 461. The summed E-state index contributed by atoms with van der Waals surface area (Å²) in [4.78, 5) is 25.3. The molecule has 1 heterocycles. The minimum Gasteiger partial charge on any atom is -0.469 e. The maximum Gasteiger partial charge on any atom is 0.309 e. The fourth-order valence-electron chi connectivity index (χ4n) is 2.17. The number of H-pyrrole nitrogens is 1. The summed E-state index contributed by atoms with van der Waals surface area (Å²) in [5.41, 5.74) is 2.83. The molecule has 1 unspecified atom stereocenters. The van der Waals surface area contributed by atoms with Crippen molar-refractivity contribution in [2.24, 2.45) is 5.92 Å². The molecule has 0 radical (unpaired) electrons. The van der Waals surface area contributed by atoms with Gasteiger partial charge in [0.15, 0.2) is 0 Å². The molecular weight excluding hydrogens is 194 g/mol. The highest BCUT2D eigenvalue weighted by Gasteiger charge is 2.29. The van der Waals surface area contributed by atoms with Crippen molar-refractivity contribution in [1.82, 2.24) is 4.98 Å².